The van der Waals surface area contributed by atoms with Crippen LogP contribution in [-0.4, -0.2) is 57.2 Å². The van der Waals surface area contributed by atoms with Crippen molar-refractivity contribution in [1.29, 1.82) is 0 Å². The quantitative estimate of drug-likeness (QED) is 0.748. The molecule has 0 radical (unpaired) electrons. The van der Waals surface area contributed by atoms with Gasteiger partial charge in [-0.3, -0.25) is 14.5 Å². The molecule has 2 aromatic heterocycles. The van der Waals surface area contributed by atoms with Crippen LogP contribution in [0.1, 0.15) is 42.9 Å². The van der Waals surface area contributed by atoms with Crippen LogP contribution in [0.3, 0.4) is 0 Å². The number of rotatable bonds is 6. The van der Waals surface area contributed by atoms with Gasteiger partial charge >= 0.3 is 0 Å². The first-order valence-electron chi connectivity index (χ1n) is 8.53. The molecule has 0 spiro atoms. The number of aryl methyl sites for hydroxylation is 1. The first-order chi connectivity index (χ1) is 12.3. The van der Waals surface area contributed by atoms with Crippen molar-refractivity contribution in [2.24, 2.45) is 5.92 Å². The van der Waals surface area contributed by atoms with Crippen molar-refractivity contribution >= 4 is 28.3 Å². The minimum absolute atomic E-state index is 0.0605. The van der Waals surface area contributed by atoms with Gasteiger partial charge in [0.15, 0.2) is 5.82 Å². The van der Waals surface area contributed by atoms with Gasteiger partial charge in [0.05, 0.1) is 5.92 Å². The average Bonchev–Trinajstić information content (AvgIpc) is 3.31. The molecule has 1 aliphatic rings. The lowest BCUT2D eigenvalue weighted by molar-refractivity contribution is -0.134. The highest BCUT2D eigenvalue weighted by Gasteiger charge is 2.37. The number of aromatic nitrogens is 4. The minimum Gasteiger partial charge on any atom is -0.345 e. The summed E-state index contributed by atoms with van der Waals surface area (Å²) in [5.41, 5.74) is 0. The summed E-state index contributed by atoms with van der Waals surface area (Å²) in [7, 11) is 1.73. The Hall–Kier alpha value is -2.36. The van der Waals surface area contributed by atoms with Crippen LogP contribution in [0.4, 0.5) is 5.13 Å². The van der Waals surface area contributed by atoms with E-state index in [1.165, 1.54) is 11.3 Å². The lowest BCUT2D eigenvalue weighted by atomic mass is 10.1. The van der Waals surface area contributed by atoms with E-state index in [1.807, 2.05) is 20.8 Å². The van der Waals surface area contributed by atoms with Crippen molar-refractivity contribution in [2.45, 2.75) is 39.5 Å². The maximum Gasteiger partial charge on any atom is 0.229 e. The van der Waals surface area contributed by atoms with Crippen LogP contribution in [0.2, 0.25) is 0 Å². The molecule has 1 aliphatic heterocycles. The number of anilines is 1. The second kappa shape index (κ2) is 7.48. The standard InChI is InChI=1S/C16H22N6O3S/c1-9(2)14-17-12(20-25-14)5-6-21(4)15(24)11-7-13(23)22(8-11)16-19-18-10(3)26-16/h9,11H,5-8H2,1-4H3. The van der Waals surface area contributed by atoms with E-state index in [9.17, 15) is 9.59 Å². The molecule has 9 nitrogen and oxygen atoms in total. The summed E-state index contributed by atoms with van der Waals surface area (Å²) in [4.78, 5) is 32.4. The number of carbonyl (C=O) groups is 2. The summed E-state index contributed by atoms with van der Waals surface area (Å²) >= 11 is 1.35. The number of nitrogens with zero attached hydrogens (tertiary/aromatic N) is 6. The van der Waals surface area contributed by atoms with Gasteiger partial charge in [0.2, 0.25) is 22.8 Å². The van der Waals surface area contributed by atoms with Crippen molar-refractivity contribution in [1.82, 2.24) is 25.2 Å². The highest BCUT2D eigenvalue weighted by atomic mass is 32.1. The molecule has 2 aromatic rings. The van der Waals surface area contributed by atoms with Crippen LogP contribution in [0.5, 0.6) is 0 Å². The molecule has 3 rings (SSSR count). The Kier molecular flexibility index (Phi) is 5.30. The third-order valence-electron chi connectivity index (χ3n) is 4.25. The zero-order chi connectivity index (χ0) is 18.8. The predicted octanol–water partition coefficient (Wildman–Crippen LogP) is 1.41. The maximum absolute atomic E-state index is 12.7. The summed E-state index contributed by atoms with van der Waals surface area (Å²) in [6.45, 7) is 6.61. The number of carbonyl (C=O) groups excluding carboxylic acids is 2. The van der Waals surface area contributed by atoms with Crippen molar-refractivity contribution in [3.8, 4) is 0 Å². The van der Waals surface area contributed by atoms with Crippen molar-refractivity contribution in [2.75, 3.05) is 25.0 Å². The van der Waals surface area contributed by atoms with Crippen LogP contribution >= 0.6 is 11.3 Å². The van der Waals surface area contributed by atoms with Gasteiger partial charge < -0.3 is 9.42 Å². The molecule has 0 bridgehead atoms. The molecule has 0 aliphatic carbocycles. The largest absolute Gasteiger partial charge is 0.345 e. The van der Waals surface area contributed by atoms with Gasteiger partial charge in [0.1, 0.15) is 5.01 Å². The number of amides is 2. The summed E-state index contributed by atoms with van der Waals surface area (Å²) in [5.74, 6) is 0.839. The fraction of sp³-hybridized carbons (Fsp3) is 0.625. The highest BCUT2D eigenvalue weighted by Crippen LogP contribution is 2.28. The zero-order valence-corrected chi connectivity index (χ0v) is 16.1. The monoisotopic (exact) mass is 378 g/mol. The smallest absolute Gasteiger partial charge is 0.229 e. The van der Waals surface area contributed by atoms with Gasteiger partial charge in [-0.2, -0.15) is 4.98 Å². The van der Waals surface area contributed by atoms with E-state index in [1.54, 1.807) is 16.8 Å². The minimum atomic E-state index is -0.367. The Morgan fingerprint density at radius 2 is 2.19 bits per heavy atom. The molecule has 1 fully saturated rings. The fourth-order valence-electron chi connectivity index (χ4n) is 2.75. The van der Waals surface area contributed by atoms with Crippen LogP contribution in [0, 0.1) is 12.8 Å². The molecule has 140 valence electrons. The summed E-state index contributed by atoms with van der Waals surface area (Å²) < 4.78 is 5.17. The molecular formula is C16H22N6O3S. The van der Waals surface area contributed by atoms with Crippen molar-refractivity contribution < 1.29 is 14.1 Å². The average molecular weight is 378 g/mol. The molecule has 2 amide bonds. The van der Waals surface area contributed by atoms with Crippen molar-refractivity contribution in [3.63, 3.8) is 0 Å². The first kappa shape index (κ1) is 18.4. The van der Waals surface area contributed by atoms with Gasteiger partial charge in [-0.05, 0) is 6.92 Å². The van der Waals surface area contributed by atoms with Gasteiger partial charge in [-0.25, -0.2) is 0 Å². The fourth-order valence-corrected chi connectivity index (χ4v) is 3.46. The highest BCUT2D eigenvalue weighted by molar-refractivity contribution is 7.15. The molecule has 1 atom stereocenters. The van der Waals surface area contributed by atoms with Gasteiger partial charge in [-0.15, -0.1) is 10.2 Å². The van der Waals surface area contributed by atoms with Crippen molar-refractivity contribution in [3.05, 3.63) is 16.7 Å². The molecule has 0 aromatic carbocycles. The normalized spacial score (nSPS) is 17.3. The van der Waals surface area contributed by atoms with E-state index in [2.05, 4.69) is 20.3 Å². The lowest BCUT2D eigenvalue weighted by Crippen LogP contribution is -2.36. The molecule has 26 heavy (non-hydrogen) atoms. The summed E-state index contributed by atoms with van der Waals surface area (Å²) in [6, 6.07) is 0. The number of likely N-dealkylation sites (N-methyl/N-ethyl adjacent to an activating group) is 1. The van der Waals surface area contributed by atoms with E-state index in [0.29, 0.717) is 36.4 Å². The third-order valence-corrected chi connectivity index (χ3v) is 5.11. The predicted molar refractivity (Wildman–Crippen MR) is 94.8 cm³/mol. The number of hydrogen-bond donors (Lipinski definition) is 0. The third kappa shape index (κ3) is 3.90. The maximum atomic E-state index is 12.7. The molecule has 1 unspecified atom stereocenters. The molecule has 0 N–H and O–H groups in total. The van der Waals surface area contributed by atoms with E-state index < -0.39 is 0 Å². The van der Waals surface area contributed by atoms with Crippen LogP contribution < -0.4 is 4.90 Å². The zero-order valence-electron chi connectivity index (χ0n) is 15.3. The Bertz CT molecular complexity index is 802. The number of hydrogen-bond acceptors (Lipinski definition) is 8. The molecular weight excluding hydrogens is 356 g/mol. The molecule has 0 saturated carbocycles. The van der Waals surface area contributed by atoms with E-state index in [-0.39, 0.29) is 30.1 Å². The summed E-state index contributed by atoms with van der Waals surface area (Å²) in [6.07, 6.45) is 0.708. The Balaban J connectivity index is 1.55. The Morgan fingerprint density at radius 3 is 2.81 bits per heavy atom. The molecule has 10 heteroatoms. The molecule has 3 heterocycles. The second-order valence-corrected chi connectivity index (χ2v) is 7.88. The van der Waals surface area contributed by atoms with Gasteiger partial charge in [-0.1, -0.05) is 30.3 Å². The van der Waals surface area contributed by atoms with E-state index in [0.717, 1.165) is 5.01 Å². The van der Waals surface area contributed by atoms with Crippen LogP contribution in [-0.2, 0) is 16.0 Å². The topological polar surface area (TPSA) is 105 Å². The lowest BCUT2D eigenvalue weighted by Gasteiger charge is -2.20. The van der Waals surface area contributed by atoms with E-state index in [4.69, 9.17) is 4.52 Å². The Labute approximate surface area is 155 Å². The Morgan fingerprint density at radius 1 is 1.42 bits per heavy atom. The van der Waals surface area contributed by atoms with E-state index >= 15 is 0 Å². The molecule has 1 saturated heterocycles. The second-order valence-electron chi connectivity index (χ2n) is 6.72. The van der Waals surface area contributed by atoms with Gasteiger partial charge in [0.25, 0.3) is 0 Å². The first-order valence-corrected chi connectivity index (χ1v) is 9.34. The van der Waals surface area contributed by atoms with Crippen LogP contribution in [0.15, 0.2) is 4.52 Å². The SMILES string of the molecule is Cc1nnc(N2CC(C(=O)N(C)CCc3noc(C(C)C)n3)CC2=O)s1. The van der Waals surface area contributed by atoms with Gasteiger partial charge in [0, 0.05) is 38.9 Å². The summed E-state index contributed by atoms with van der Waals surface area (Å²) in [5, 5.41) is 13.2. The van der Waals surface area contributed by atoms with Crippen LogP contribution in [0.25, 0.3) is 0 Å².